The van der Waals surface area contributed by atoms with E-state index in [1.807, 2.05) is 41.1 Å². The topological polar surface area (TPSA) is 52.0 Å². The average Bonchev–Trinajstić information content (AvgIpc) is 3.08. The highest BCUT2D eigenvalue weighted by Gasteiger charge is 2.34. The molecule has 1 aromatic heterocycles. The number of aromatic nitrogens is 3. The predicted molar refractivity (Wildman–Crippen MR) is 92.1 cm³/mol. The zero-order chi connectivity index (χ0) is 16.1. The normalized spacial score (nSPS) is 18.1. The number of benzene rings is 2. The van der Waals surface area contributed by atoms with Gasteiger partial charge in [0.1, 0.15) is 24.7 Å². The fraction of sp³-hybridized carbons (Fsp3) is 0.111. The summed E-state index contributed by atoms with van der Waals surface area (Å²) in [5, 5.41) is 8.48. The molecular weight excluding hydrogens is 324 g/mol. The number of ether oxygens (including phenoxy) is 1. The summed E-state index contributed by atoms with van der Waals surface area (Å²) in [4.78, 5) is 4.35. The monoisotopic (exact) mass is 336 g/mol. The Morgan fingerprint density at radius 3 is 2.92 bits per heavy atom. The zero-order valence-electron chi connectivity index (χ0n) is 12.6. The largest absolute Gasteiger partial charge is 0.488 e. The van der Waals surface area contributed by atoms with E-state index in [1.54, 1.807) is 6.33 Å². The number of hydrogen-bond acceptors (Lipinski definition) is 4. The number of nitrogens with zero attached hydrogens (tertiary/aromatic N) is 3. The highest BCUT2D eigenvalue weighted by Crippen LogP contribution is 2.43. The maximum Gasteiger partial charge on any atom is 0.226 e. The van der Waals surface area contributed by atoms with Crippen molar-refractivity contribution >= 4 is 23.2 Å². The van der Waals surface area contributed by atoms with Crippen LogP contribution in [-0.4, -0.2) is 21.4 Å². The molecule has 0 aliphatic carbocycles. The van der Waals surface area contributed by atoms with Gasteiger partial charge in [0.15, 0.2) is 0 Å². The Kier molecular flexibility index (Phi) is 2.90. The summed E-state index contributed by atoms with van der Waals surface area (Å²) in [6, 6.07) is 15.9. The first-order valence-electron chi connectivity index (χ1n) is 7.68. The molecule has 0 saturated heterocycles. The van der Waals surface area contributed by atoms with Crippen LogP contribution in [0, 0.1) is 0 Å². The Bertz CT molecular complexity index is 964. The number of halogens is 1. The van der Waals surface area contributed by atoms with Gasteiger partial charge >= 0.3 is 0 Å². The van der Waals surface area contributed by atoms with Gasteiger partial charge in [-0.2, -0.15) is 10.1 Å². The second-order valence-corrected chi connectivity index (χ2v) is 6.23. The second-order valence-electron chi connectivity index (χ2n) is 5.80. The van der Waals surface area contributed by atoms with E-state index >= 15 is 0 Å². The molecule has 6 heteroatoms. The van der Waals surface area contributed by atoms with Crippen LogP contribution in [0.2, 0.25) is 5.02 Å². The van der Waals surface area contributed by atoms with Crippen molar-refractivity contribution in [3.05, 3.63) is 76.6 Å². The zero-order valence-corrected chi connectivity index (χ0v) is 13.4. The van der Waals surface area contributed by atoms with Crippen LogP contribution in [0.25, 0.3) is 5.70 Å². The van der Waals surface area contributed by atoms with Crippen LogP contribution in [0.3, 0.4) is 0 Å². The predicted octanol–water partition coefficient (Wildman–Crippen LogP) is 3.75. The van der Waals surface area contributed by atoms with E-state index in [0.717, 1.165) is 34.1 Å². The van der Waals surface area contributed by atoms with Crippen LogP contribution >= 0.6 is 11.6 Å². The lowest BCUT2D eigenvalue weighted by Crippen LogP contribution is -2.30. The van der Waals surface area contributed by atoms with Gasteiger partial charge < -0.3 is 10.1 Å². The molecule has 0 unspecified atom stereocenters. The smallest absolute Gasteiger partial charge is 0.226 e. The van der Waals surface area contributed by atoms with E-state index in [2.05, 4.69) is 27.5 Å². The lowest BCUT2D eigenvalue weighted by molar-refractivity contribution is 0.328. The second kappa shape index (κ2) is 5.11. The number of anilines is 1. The van der Waals surface area contributed by atoms with Crippen LogP contribution in [0.1, 0.15) is 17.2 Å². The third-order valence-electron chi connectivity index (χ3n) is 4.42. The Labute approximate surface area is 143 Å². The van der Waals surface area contributed by atoms with Gasteiger partial charge in [0.2, 0.25) is 5.95 Å². The molecule has 3 aromatic rings. The molecule has 0 fully saturated rings. The first kappa shape index (κ1) is 13.6. The molecule has 0 amide bonds. The maximum atomic E-state index is 6.20. The molecule has 0 bridgehead atoms. The number of nitrogens with one attached hydrogen (secondary N) is 1. The molecule has 1 N–H and O–H groups in total. The highest BCUT2D eigenvalue weighted by atomic mass is 35.5. The molecule has 1 atom stereocenters. The molecule has 0 spiro atoms. The molecule has 0 saturated carbocycles. The molecule has 0 radical (unpaired) electrons. The third-order valence-corrected chi connectivity index (χ3v) is 4.65. The number of rotatable bonds is 1. The van der Waals surface area contributed by atoms with Gasteiger partial charge in [-0.15, -0.1) is 0 Å². The van der Waals surface area contributed by atoms with Gasteiger partial charge in [-0.3, -0.25) is 0 Å². The molecule has 5 nitrogen and oxygen atoms in total. The van der Waals surface area contributed by atoms with Gasteiger partial charge in [-0.1, -0.05) is 41.9 Å². The van der Waals surface area contributed by atoms with Crippen LogP contribution in [0.5, 0.6) is 5.75 Å². The van der Waals surface area contributed by atoms with E-state index < -0.39 is 0 Å². The van der Waals surface area contributed by atoms with Crippen LogP contribution in [-0.2, 0) is 0 Å². The molecular formula is C18H13ClN4O. The van der Waals surface area contributed by atoms with Crippen molar-refractivity contribution in [1.29, 1.82) is 0 Å². The Morgan fingerprint density at radius 1 is 1.17 bits per heavy atom. The van der Waals surface area contributed by atoms with E-state index in [4.69, 9.17) is 16.3 Å². The minimum Gasteiger partial charge on any atom is -0.488 e. The van der Waals surface area contributed by atoms with Gasteiger partial charge in [0.05, 0.1) is 5.70 Å². The van der Waals surface area contributed by atoms with Gasteiger partial charge in [-0.05, 0) is 23.8 Å². The first-order valence-corrected chi connectivity index (χ1v) is 8.06. The fourth-order valence-electron chi connectivity index (χ4n) is 3.35. The van der Waals surface area contributed by atoms with Crippen molar-refractivity contribution in [2.45, 2.75) is 6.04 Å². The summed E-state index contributed by atoms with van der Waals surface area (Å²) >= 11 is 6.20. The maximum absolute atomic E-state index is 6.20. The molecule has 2 aliphatic heterocycles. The highest BCUT2D eigenvalue weighted by molar-refractivity contribution is 6.30. The number of hydrogen-bond donors (Lipinski definition) is 1. The van der Waals surface area contributed by atoms with Gasteiger partial charge in [0, 0.05) is 16.2 Å². The van der Waals surface area contributed by atoms with E-state index in [0.29, 0.717) is 11.6 Å². The standard InChI is InChI=1S/C18H13ClN4O/c19-12-6-7-15-13(8-12)16-14(9-24-15)17(11-4-2-1-3-5-11)23-18(22-16)20-10-21-23/h1-8,10,17H,9H2,(H,20,21,22)/t17-/m0/s1. The van der Waals surface area contributed by atoms with Gasteiger partial charge in [0.25, 0.3) is 0 Å². The molecule has 5 rings (SSSR count). The molecule has 118 valence electrons. The molecule has 24 heavy (non-hydrogen) atoms. The molecule has 2 aromatic carbocycles. The lowest BCUT2D eigenvalue weighted by atomic mass is 9.92. The summed E-state index contributed by atoms with van der Waals surface area (Å²) in [5.74, 6) is 1.54. The number of fused-ring (bicyclic) bond motifs is 3. The molecule has 2 aliphatic rings. The van der Waals surface area contributed by atoms with Crippen molar-refractivity contribution < 1.29 is 4.74 Å². The first-order chi connectivity index (χ1) is 11.8. The van der Waals surface area contributed by atoms with Crippen molar-refractivity contribution in [2.75, 3.05) is 11.9 Å². The fourth-order valence-corrected chi connectivity index (χ4v) is 3.53. The third kappa shape index (κ3) is 1.95. The minimum atomic E-state index is -0.0490. The summed E-state index contributed by atoms with van der Waals surface area (Å²) in [6.45, 7) is 0.496. The Morgan fingerprint density at radius 2 is 2.04 bits per heavy atom. The van der Waals surface area contributed by atoms with E-state index in [-0.39, 0.29) is 6.04 Å². The average molecular weight is 337 g/mol. The Balaban J connectivity index is 1.75. The lowest BCUT2D eigenvalue weighted by Gasteiger charge is -2.34. The van der Waals surface area contributed by atoms with E-state index in [1.165, 1.54) is 0 Å². The van der Waals surface area contributed by atoms with Crippen molar-refractivity contribution in [3.63, 3.8) is 0 Å². The summed E-state index contributed by atoms with van der Waals surface area (Å²) in [6.07, 6.45) is 1.57. The van der Waals surface area contributed by atoms with Gasteiger partial charge in [-0.25, -0.2) is 4.68 Å². The van der Waals surface area contributed by atoms with Crippen molar-refractivity contribution in [3.8, 4) is 5.75 Å². The quantitative estimate of drug-likeness (QED) is 0.735. The summed E-state index contributed by atoms with van der Waals surface area (Å²) < 4.78 is 7.87. The van der Waals surface area contributed by atoms with E-state index in [9.17, 15) is 0 Å². The molecule has 3 heterocycles. The van der Waals surface area contributed by atoms with Crippen molar-refractivity contribution in [2.24, 2.45) is 0 Å². The SMILES string of the molecule is Clc1ccc2c(c1)C1=C(CO2)[C@H](c2ccccc2)n2ncnc2N1. The van der Waals surface area contributed by atoms with Crippen molar-refractivity contribution in [1.82, 2.24) is 14.8 Å². The van der Waals surface area contributed by atoms with Crippen LogP contribution in [0.15, 0.2) is 60.4 Å². The summed E-state index contributed by atoms with van der Waals surface area (Å²) in [7, 11) is 0. The van der Waals surface area contributed by atoms with Crippen LogP contribution < -0.4 is 10.1 Å². The van der Waals surface area contributed by atoms with Crippen LogP contribution in [0.4, 0.5) is 5.95 Å². The minimum absolute atomic E-state index is 0.0490. The Hall–Kier alpha value is -2.79. The summed E-state index contributed by atoms with van der Waals surface area (Å²) in [5.41, 5.74) is 4.23.